The number of rotatable bonds is 9. The maximum atomic E-state index is 5.69. The molecular weight excluding hydrogens is 248 g/mol. The molecule has 0 aromatic heterocycles. The van der Waals surface area contributed by atoms with Gasteiger partial charge in [0, 0.05) is 18.3 Å². The highest BCUT2D eigenvalue weighted by atomic mass is 16.5. The van der Waals surface area contributed by atoms with Crippen molar-refractivity contribution in [2.45, 2.75) is 39.7 Å². The van der Waals surface area contributed by atoms with Crippen molar-refractivity contribution in [1.82, 2.24) is 4.90 Å². The van der Waals surface area contributed by atoms with Crippen LogP contribution in [0.1, 0.15) is 33.6 Å². The summed E-state index contributed by atoms with van der Waals surface area (Å²) in [7, 11) is 4.10. The van der Waals surface area contributed by atoms with E-state index in [2.05, 4.69) is 57.2 Å². The number of anilines is 1. The molecule has 0 amide bonds. The van der Waals surface area contributed by atoms with Crippen molar-refractivity contribution in [3.8, 4) is 5.75 Å². The summed E-state index contributed by atoms with van der Waals surface area (Å²) in [4.78, 5) is 2.12. The largest absolute Gasteiger partial charge is 0.492 e. The molecule has 20 heavy (non-hydrogen) atoms. The van der Waals surface area contributed by atoms with E-state index >= 15 is 0 Å². The zero-order valence-electron chi connectivity index (χ0n) is 13.6. The SMILES string of the molecule is CC(C)CCC(C)Nc1ccc(OCCN(C)C)cc1. The summed E-state index contributed by atoms with van der Waals surface area (Å²) in [5, 5.41) is 3.53. The van der Waals surface area contributed by atoms with Crippen molar-refractivity contribution in [3.05, 3.63) is 24.3 Å². The second-order valence-corrected chi connectivity index (χ2v) is 6.19. The van der Waals surface area contributed by atoms with Gasteiger partial charge in [0.2, 0.25) is 0 Å². The molecule has 0 aliphatic heterocycles. The molecule has 114 valence electrons. The summed E-state index contributed by atoms with van der Waals surface area (Å²) in [6.45, 7) is 8.44. The number of ether oxygens (including phenoxy) is 1. The van der Waals surface area contributed by atoms with Crippen LogP contribution in [0.5, 0.6) is 5.75 Å². The van der Waals surface area contributed by atoms with Crippen LogP contribution in [0.2, 0.25) is 0 Å². The van der Waals surface area contributed by atoms with Gasteiger partial charge in [-0.15, -0.1) is 0 Å². The summed E-state index contributed by atoms with van der Waals surface area (Å²) in [5.41, 5.74) is 1.17. The smallest absolute Gasteiger partial charge is 0.119 e. The maximum Gasteiger partial charge on any atom is 0.119 e. The minimum Gasteiger partial charge on any atom is -0.492 e. The molecule has 0 aliphatic carbocycles. The lowest BCUT2D eigenvalue weighted by Crippen LogP contribution is -2.19. The first-order chi connectivity index (χ1) is 9.47. The second-order valence-electron chi connectivity index (χ2n) is 6.19. The summed E-state index contributed by atoms with van der Waals surface area (Å²) in [6, 6.07) is 8.77. The van der Waals surface area contributed by atoms with Gasteiger partial charge in [0.15, 0.2) is 0 Å². The summed E-state index contributed by atoms with van der Waals surface area (Å²) in [6.07, 6.45) is 2.47. The van der Waals surface area contributed by atoms with Crippen molar-refractivity contribution in [1.29, 1.82) is 0 Å². The zero-order chi connectivity index (χ0) is 15.0. The molecule has 0 spiro atoms. The first-order valence-electron chi connectivity index (χ1n) is 7.61. The van der Waals surface area contributed by atoms with Gasteiger partial charge in [0.25, 0.3) is 0 Å². The Balaban J connectivity index is 2.34. The molecule has 3 nitrogen and oxygen atoms in total. The van der Waals surface area contributed by atoms with Crippen LogP contribution in [-0.4, -0.2) is 38.2 Å². The number of hydrogen-bond donors (Lipinski definition) is 1. The first-order valence-corrected chi connectivity index (χ1v) is 7.61. The van der Waals surface area contributed by atoms with Gasteiger partial charge in [-0.25, -0.2) is 0 Å². The van der Waals surface area contributed by atoms with Crippen LogP contribution in [-0.2, 0) is 0 Å². The van der Waals surface area contributed by atoms with Gasteiger partial charge in [-0.3, -0.25) is 0 Å². The molecule has 0 saturated carbocycles. The van der Waals surface area contributed by atoms with Crippen LogP contribution in [0.3, 0.4) is 0 Å². The van der Waals surface area contributed by atoms with Crippen molar-refractivity contribution in [2.24, 2.45) is 5.92 Å². The molecule has 0 radical (unpaired) electrons. The van der Waals surface area contributed by atoms with Gasteiger partial charge in [-0.05, 0) is 64.0 Å². The fraction of sp³-hybridized carbons (Fsp3) is 0.647. The van der Waals surface area contributed by atoms with E-state index in [4.69, 9.17) is 4.74 Å². The normalized spacial score (nSPS) is 12.8. The topological polar surface area (TPSA) is 24.5 Å². The van der Waals surface area contributed by atoms with E-state index in [-0.39, 0.29) is 0 Å². The van der Waals surface area contributed by atoms with Crippen LogP contribution in [0, 0.1) is 5.92 Å². The Hall–Kier alpha value is -1.22. The van der Waals surface area contributed by atoms with Crippen LogP contribution in [0.4, 0.5) is 5.69 Å². The molecule has 1 aromatic rings. The quantitative estimate of drug-likeness (QED) is 0.742. The summed E-state index contributed by atoms with van der Waals surface area (Å²) in [5.74, 6) is 1.71. The molecule has 0 saturated heterocycles. The third-order valence-corrected chi connectivity index (χ3v) is 3.25. The van der Waals surface area contributed by atoms with E-state index in [0.717, 1.165) is 24.8 Å². The third kappa shape index (κ3) is 7.39. The molecule has 1 unspecified atom stereocenters. The molecule has 1 aromatic carbocycles. The minimum atomic E-state index is 0.512. The van der Waals surface area contributed by atoms with Crippen molar-refractivity contribution in [2.75, 3.05) is 32.6 Å². The van der Waals surface area contributed by atoms with Crippen molar-refractivity contribution >= 4 is 5.69 Å². The molecule has 0 heterocycles. The highest BCUT2D eigenvalue weighted by Crippen LogP contribution is 2.18. The zero-order valence-corrected chi connectivity index (χ0v) is 13.6. The number of likely N-dealkylation sites (N-methyl/N-ethyl adjacent to an activating group) is 1. The number of hydrogen-bond acceptors (Lipinski definition) is 3. The Bertz CT molecular complexity index is 360. The average molecular weight is 278 g/mol. The second kappa shape index (κ2) is 8.85. The number of nitrogens with zero attached hydrogens (tertiary/aromatic N) is 1. The van der Waals surface area contributed by atoms with E-state index in [9.17, 15) is 0 Å². The van der Waals surface area contributed by atoms with Crippen LogP contribution in [0.15, 0.2) is 24.3 Å². The number of nitrogens with one attached hydrogen (secondary N) is 1. The number of benzene rings is 1. The van der Waals surface area contributed by atoms with Gasteiger partial charge in [-0.2, -0.15) is 0 Å². The molecule has 0 fully saturated rings. The van der Waals surface area contributed by atoms with Crippen molar-refractivity contribution in [3.63, 3.8) is 0 Å². The van der Waals surface area contributed by atoms with Crippen LogP contribution in [0.25, 0.3) is 0 Å². The Morgan fingerprint density at radius 2 is 1.70 bits per heavy atom. The van der Waals surface area contributed by atoms with Gasteiger partial charge >= 0.3 is 0 Å². The Morgan fingerprint density at radius 3 is 2.25 bits per heavy atom. The lowest BCUT2D eigenvalue weighted by atomic mass is 10.0. The highest BCUT2D eigenvalue weighted by Gasteiger charge is 2.04. The molecule has 1 N–H and O–H groups in total. The van der Waals surface area contributed by atoms with Gasteiger partial charge in [0.05, 0.1) is 0 Å². The lowest BCUT2D eigenvalue weighted by molar-refractivity contribution is 0.261. The standard InChI is InChI=1S/C17H30N2O/c1-14(2)6-7-15(3)18-16-8-10-17(11-9-16)20-13-12-19(4)5/h8-11,14-15,18H,6-7,12-13H2,1-5H3. The lowest BCUT2D eigenvalue weighted by Gasteiger charge is -2.17. The van der Waals surface area contributed by atoms with E-state index in [1.807, 2.05) is 12.1 Å². The van der Waals surface area contributed by atoms with E-state index < -0.39 is 0 Å². The fourth-order valence-electron chi connectivity index (χ4n) is 1.93. The third-order valence-electron chi connectivity index (χ3n) is 3.25. The molecule has 1 rings (SSSR count). The molecule has 0 bridgehead atoms. The van der Waals surface area contributed by atoms with Crippen LogP contribution < -0.4 is 10.1 Å². The Morgan fingerprint density at radius 1 is 1.05 bits per heavy atom. The Labute approximate surface area is 124 Å². The molecular formula is C17H30N2O. The predicted octanol–water partition coefficient (Wildman–Crippen LogP) is 3.86. The predicted molar refractivity (Wildman–Crippen MR) is 87.6 cm³/mol. The first kappa shape index (κ1) is 16.8. The van der Waals surface area contributed by atoms with E-state index in [1.54, 1.807) is 0 Å². The molecule has 1 atom stereocenters. The molecule has 3 heteroatoms. The monoisotopic (exact) mass is 278 g/mol. The fourth-order valence-corrected chi connectivity index (χ4v) is 1.93. The minimum absolute atomic E-state index is 0.512. The molecule has 0 aliphatic rings. The average Bonchev–Trinajstić information content (AvgIpc) is 2.38. The van der Waals surface area contributed by atoms with E-state index in [1.165, 1.54) is 18.5 Å². The highest BCUT2D eigenvalue weighted by molar-refractivity contribution is 5.46. The summed E-state index contributed by atoms with van der Waals surface area (Å²) < 4.78 is 5.69. The summed E-state index contributed by atoms with van der Waals surface area (Å²) >= 11 is 0. The van der Waals surface area contributed by atoms with Gasteiger partial charge in [-0.1, -0.05) is 13.8 Å². The maximum absolute atomic E-state index is 5.69. The van der Waals surface area contributed by atoms with Crippen molar-refractivity contribution < 1.29 is 4.74 Å². The van der Waals surface area contributed by atoms with E-state index in [0.29, 0.717) is 6.04 Å². The Kier molecular flexibility index (Phi) is 7.45. The van der Waals surface area contributed by atoms with Gasteiger partial charge < -0.3 is 15.0 Å². The van der Waals surface area contributed by atoms with Gasteiger partial charge in [0.1, 0.15) is 12.4 Å². The van der Waals surface area contributed by atoms with Crippen LogP contribution >= 0.6 is 0 Å².